The van der Waals surface area contributed by atoms with Gasteiger partial charge in [0.1, 0.15) is 0 Å². The maximum atomic E-state index is 5.38. The molecular weight excluding hydrogens is 437 g/mol. The first-order chi connectivity index (χ1) is 11.5. The summed E-state index contributed by atoms with van der Waals surface area (Å²) in [5.41, 5.74) is 0.927. The van der Waals surface area contributed by atoms with Gasteiger partial charge in [-0.25, -0.2) is 0 Å². The van der Waals surface area contributed by atoms with Crippen molar-refractivity contribution in [3.05, 3.63) is 12.1 Å². The van der Waals surface area contributed by atoms with E-state index < -0.39 is 0 Å². The van der Waals surface area contributed by atoms with E-state index in [0.717, 1.165) is 25.4 Å². The third-order valence-corrected chi connectivity index (χ3v) is 3.79. The van der Waals surface area contributed by atoms with Gasteiger partial charge in [0.15, 0.2) is 17.5 Å². The lowest BCUT2D eigenvalue weighted by molar-refractivity contribution is -0.0945. The first-order valence-electron chi connectivity index (χ1n) is 7.98. The van der Waals surface area contributed by atoms with Crippen molar-refractivity contribution in [1.29, 1.82) is 0 Å². The Morgan fingerprint density at radius 2 is 1.76 bits per heavy atom. The van der Waals surface area contributed by atoms with Gasteiger partial charge in [-0.15, -0.1) is 24.0 Å². The number of ether oxygens (including phenoxy) is 4. The summed E-state index contributed by atoms with van der Waals surface area (Å²) in [4.78, 5) is 4.66. The van der Waals surface area contributed by atoms with Crippen LogP contribution in [-0.4, -0.2) is 53.6 Å². The number of hydrogen-bond acceptors (Lipinski definition) is 5. The summed E-state index contributed by atoms with van der Waals surface area (Å²) in [6, 6.07) is 3.70. The molecule has 0 atom stereocenters. The van der Waals surface area contributed by atoms with Gasteiger partial charge in [-0.3, -0.25) is 4.99 Å². The van der Waals surface area contributed by atoms with Crippen molar-refractivity contribution in [2.24, 2.45) is 10.4 Å². The van der Waals surface area contributed by atoms with Crippen LogP contribution in [0, 0.1) is 5.41 Å². The Bertz CT molecular complexity index is 566. The van der Waals surface area contributed by atoms with Crippen LogP contribution in [0.4, 0.5) is 5.69 Å². The normalized spacial score (nSPS) is 15.5. The van der Waals surface area contributed by atoms with Gasteiger partial charge in [-0.1, -0.05) is 6.92 Å². The quantitative estimate of drug-likeness (QED) is 0.367. The van der Waals surface area contributed by atoms with Gasteiger partial charge in [0.2, 0.25) is 5.75 Å². The molecule has 0 unspecified atom stereocenters. The standard InChI is InChI=1S/C17H27N3O4.HI/c1-6-18-16(19-9-17(2)10-24-11-17)20-12-7-13(21-3)15(23-5)14(8-12)22-4;/h7-8H,6,9-11H2,1-5H3,(H2,18,19,20);1H. The van der Waals surface area contributed by atoms with E-state index in [1.165, 1.54) is 0 Å². The number of methoxy groups -OCH3 is 3. The van der Waals surface area contributed by atoms with Crippen LogP contribution >= 0.6 is 24.0 Å². The van der Waals surface area contributed by atoms with Crippen LogP contribution in [0.25, 0.3) is 0 Å². The summed E-state index contributed by atoms with van der Waals surface area (Å²) in [5, 5.41) is 6.52. The second-order valence-corrected chi connectivity index (χ2v) is 6.04. The highest BCUT2D eigenvalue weighted by Crippen LogP contribution is 2.39. The maximum absolute atomic E-state index is 5.38. The van der Waals surface area contributed by atoms with Gasteiger partial charge in [0, 0.05) is 29.8 Å². The highest BCUT2D eigenvalue weighted by Gasteiger charge is 2.33. The van der Waals surface area contributed by atoms with Crippen molar-refractivity contribution in [2.75, 3.05) is 52.9 Å². The molecule has 1 saturated heterocycles. The van der Waals surface area contributed by atoms with E-state index in [1.807, 2.05) is 19.1 Å². The van der Waals surface area contributed by atoms with E-state index in [0.29, 0.717) is 29.8 Å². The number of anilines is 1. The van der Waals surface area contributed by atoms with Gasteiger partial charge in [0.05, 0.1) is 41.1 Å². The predicted octanol–water partition coefficient (Wildman–Crippen LogP) is 2.74. The van der Waals surface area contributed by atoms with E-state index in [9.17, 15) is 0 Å². The zero-order valence-electron chi connectivity index (χ0n) is 15.5. The fourth-order valence-electron chi connectivity index (χ4n) is 2.41. The van der Waals surface area contributed by atoms with E-state index >= 15 is 0 Å². The summed E-state index contributed by atoms with van der Waals surface area (Å²) in [6.07, 6.45) is 0. The van der Waals surface area contributed by atoms with Gasteiger partial charge < -0.3 is 29.6 Å². The Morgan fingerprint density at radius 1 is 1.16 bits per heavy atom. The van der Waals surface area contributed by atoms with Crippen molar-refractivity contribution in [1.82, 2.24) is 5.32 Å². The van der Waals surface area contributed by atoms with Gasteiger partial charge in [-0.2, -0.15) is 0 Å². The van der Waals surface area contributed by atoms with Crippen LogP contribution < -0.4 is 24.8 Å². The second-order valence-electron chi connectivity index (χ2n) is 6.04. The Labute approximate surface area is 166 Å². The van der Waals surface area contributed by atoms with Gasteiger partial charge in [-0.05, 0) is 6.92 Å². The summed E-state index contributed by atoms with van der Waals surface area (Å²) in [5.74, 6) is 2.45. The molecule has 1 heterocycles. The molecule has 142 valence electrons. The lowest BCUT2D eigenvalue weighted by Crippen LogP contribution is -2.43. The Kier molecular flexibility index (Phi) is 8.57. The first kappa shape index (κ1) is 21.6. The van der Waals surface area contributed by atoms with Crippen LogP contribution in [0.2, 0.25) is 0 Å². The maximum Gasteiger partial charge on any atom is 0.203 e. The number of hydrogen-bond donors (Lipinski definition) is 2. The highest BCUT2D eigenvalue weighted by molar-refractivity contribution is 14.0. The van der Waals surface area contributed by atoms with E-state index in [2.05, 4.69) is 22.5 Å². The SMILES string of the molecule is CCNC(=NCC1(C)COC1)Nc1cc(OC)c(OC)c(OC)c1.I. The third-order valence-electron chi connectivity index (χ3n) is 3.79. The largest absolute Gasteiger partial charge is 0.493 e. The Hall–Kier alpha value is -1.42. The number of nitrogens with one attached hydrogen (secondary N) is 2. The molecular formula is C17H28IN3O4. The van der Waals surface area contributed by atoms with Crippen molar-refractivity contribution in [3.8, 4) is 17.2 Å². The average Bonchev–Trinajstić information content (AvgIpc) is 2.57. The molecule has 0 aliphatic carbocycles. The minimum Gasteiger partial charge on any atom is -0.493 e. The predicted molar refractivity (Wildman–Crippen MR) is 110 cm³/mol. The zero-order chi connectivity index (χ0) is 17.6. The molecule has 1 fully saturated rings. The smallest absolute Gasteiger partial charge is 0.203 e. The van der Waals surface area contributed by atoms with Crippen LogP contribution in [0.1, 0.15) is 13.8 Å². The van der Waals surface area contributed by atoms with Crippen LogP contribution in [0.3, 0.4) is 0 Å². The molecule has 0 radical (unpaired) electrons. The van der Waals surface area contributed by atoms with Crippen molar-refractivity contribution < 1.29 is 18.9 Å². The summed E-state index contributed by atoms with van der Waals surface area (Å²) in [6.45, 7) is 7.17. The zero-order valence-corrected chi connectivity index (χ0v) is 17.8. The monoisotopic (exact) mass is 465 g/mol. The Balaban J connectivity index is 0.00000312. The average molecular weight is 465 g/mol. The number of guanidine groups is 1. The molecule has 0 saturated carbocycles. The molecule has 0 amide bonds. The van der Waals surface area contributed by atoms with Gasteiger partial charge >= 0.3 is 0 Å². The van der Waals surface area contributed by atoms with Crippen LogP contribution in [-0.2, 0) is 4.74 Å². The summed E-state index contributed by atoms with van der Waals surface area (Å²) < 4.78 is 21.4. The molecule has 1 aromatic rings. The molecule has 1 aliphatic rings. The van der Waals surface area contributed by atoms with E-state index in [4.69, 9.17) is 18.9 Å². The van der Waals surface area contributed by atoms with Crippen molar-refractivity contribution in [2.45, 2.75) is 13.8 Å². The number of halogens is 1. The number of aliphatic imine (C=N–C) groups is 1. The van der Waals surface area contributed by atoms with E-state index in [1.54, 1.807) is 21.3 Å². The van der Waals surface area contributed by atoms with E-state index in [-0.39, 0.29) is 29.4 Å². The lowest BCUT2D eigenvalue weighted by Gasteiger charge is -2.36. The van der Waals surface area contributed by atoms with Crippen LogP contribution in [0.5, 0.6) is 17.2 Å². The molecule has 7 nitrogen and oxygen atoms in total. The minimum atomic E-state index is 0. The second kappa shape index (κ2) is 9.91. The van der Waals surface area contributed by atoms with Crippen molar-refractivity contribution in [3.63, 3.8) is 0 Å². The summed E-state index contributed by atoms with van der Waals surface area (Å²) >= 11 is 0. The van der Waals surface area contributed by atoms with Crippen molar-refractivity contribution >= 4 is 35.6 Å². The molecule has 2 N–H and O–H groups in total. The number of nitrogens with zero attached hydrogens (tertiary/aromatic N) is 1. The van der Waals surface area contributed by atoms with Gasteiger partial charge in [0.25, 0.3) is 0 Å². The third kappa shape index (κ3) is 5.53. The lowest BCUT2D eigenvalue weighted by atomic mass is 9.89. The molecule has 1 aliphatic heterocycles. The molecule has 25 heavy (non-hydrogen) atoms. The summed E-state index contributed by atoms with van der Waals surface area (Å²) in [7, 11) is 4.77. The first-order valence-corrected chi connectivity index (χ1v) is 7.98. The molecule has 2 rings (SSSR count). The fraction of sp³-hybridized carbons (Fsp3) is 0.588. The highest BCUT2D eigenvalue weighted by atomic mass is 127. The molecule has 1 aromatic carbocycles. The molecule has 0 aromatic heterocycles. The molecule has 0 spiro atoms. The fourth-order valence-corrected chi connectivity index (χ4v) is 2.41. The Morgan fingerprint density at radius 3 is 2.16 bits per heavy atom. The molecule has 8 heteroatoms. The minimum absolute atomic E-state index is 0. The topological polar surface area (TPSA) is 73.3 Å². The number of rotatable bonds is 7. The molecule has 0 bridgehead atoms. The number of benzene rings is 1. The van der Waals surface area contributed by atoms with Crippen LogP contribution in [0.15, 0.2) is 17.1 Å².